The molecule has 3 N–H and O–H groups in total. The molecule has 0 unspecified atom stereocenters. The van der Waals surface area contributed by atoms with Crippen molar-refractivity contribution in [3.05, 3.63) is 23.8 Å². The van der Waals surface area contributed by atoms with Gasteiger partial charge in [0.15, 0.2) is 17.5 Å². The highest BCUT2D eigenvalue weighted by molar-refractivity contribution is 14.0. The van der Waals surface area contributed by atoms with Crippen LogP contribution in [0.15, 0.2) is 23.2 Å². The Balaban J connectivity index is 0.00000341. The topological polar surface area (TPSA) is 78.4 Å². The Hall–Kier alpha value is -1.26. The molecule has 1 aromatic rings. The number of aliphatic imine (C=N–C) groups is 1. The summed E-state index contributed by atoms with van der Waals surface area (Å²) in [6.45, 7) is 6.10. The number of aliphatic hydroxyl groups is 1. The van der Waals surface area contributed by atoms with Gasteiger partial charge in [0.1, 0.15) is 6.61 Å². The number of methoxy groups -OCH3 is 1. The number of rotatable bonds is 9. The van der Waals surface area contributed by atoms with E-state index < -0.39 is 0 Å². The first-order valence-corrected chi connectivity index (χ1v) is 11.4. The highest BCUT2D eigenvalue weighted by Crippen LogP contribution is 2.28. The summed E-state index contributed by atoms with van der Waals surface area (Å²) < 4.78 is 10.9. The SMILES string of the molecule is CCNC(=NCc1ccc(OCCO)c(OC)c1)NC1CCN(C2CCCC2)CC1.I. The first-order chi connectivity index (χ1) is 14.7. The zero-order valence-corrected chi connectivity index (χ0v) is 21.3. The average Bonchev–Trinajstić information content (AvgIpc) is 3.32. The monoisotopic (exact) mass is 546 g/mol. The maximum Gasteiger partial charge on any atom is 0.191 e. The molecular weight excluding hydrogens is 507 g/mol. The van der Waals surface area contributed by atoms with Crippen LogP contribution in [0.2, 0.25) is 0 Å². The molecule has 0 bridgehead atoms. The largest absolute Gasteiger partial charge is 0.493 e. The number of benzene rings is 1. The van der Waals surface area contributed by atoms with Crippen molar-refractivity contribution in [2.45, 2.75) is 64.1 Å². The van der Waals surface area contributed by atoms with E-state index in [0.29, 0.717) is 24.1 Å². The number of piperidine rings is 1. The van der Waals surface area contributed by atoms with E-state index in [-0.39, 0.29) is 37.2 Å². The average molecular weight is 546 g/mol. The number of likely N-dealkylation sites (tertiary alicyclic amines) is 1. The quantitative estimate of drug-likeness (QED) is 0.251. The summed E-state index contributed by atoms with van der Waals surface area (Å²) in [5.74, 6) is 2.17. The van der Waals surface area contributed by atoms with Gasteiger partial charge in [0.25, 0.3) is 0 Å². The molecule has 0 atom stereocenters. The molecule has 176 valence electrons. The lowest BCUT2D eigenvalue weighted by atomic mass is 10.0. The van der Waals surface area contributed by atoms with E-state index in [4.69, 9.17) is 19.6 Å². The number of hydrogen-bond donors (Lipinski definition) is 3. The second-order valence-corrected chi connectivity index (χ2v) is 8.15. The second kappa shape index (κ2) is 14.0. The van der Waals surface area contributed by atoms with Crippen LogP contribution in [-0.2, 0) is 6.54 Å². The van der Waals surface area contributed by atoms with Gasteiger partial charge in [0.2, 0.25) is 0 Å². The van der Waals surface area contributed by atoms with Crippen molar-refractivity contribution in [3.8, 4) is 11.5 Å². The van der Waals surface area contributed by atoms with E-state index in [1.807, 2.05) is 18.2 Å². The van der Waals surface area contributed by atoms with E-state index in [1.54, 1.807) is 7.11 Å². The molecule has 1 aromatic carbocycles. The number of nitrogens with zero attached hydrogens (tertiary/aromatic N) is 2. The molecular formula is C23H39IN4O3. The summed E-state index contributed by atoms with van der Waals surface area (Å²) in [4.78, 5) is 7.48. The molecule has 8 heteroatoms. The molecule has 0 aromatic heterocycles. The summed E-state index contributed by atoms with van der Waals surface area (Å²) in [5.41, 5.74) is 1.05. The Morgan fingerprint density at radius 2 is 1.90 bits per heavy atom. The normalized spacial score (nSPS) is 18.5. The number of hydrogen-bond acceptors (Lipinski definition) is 5. The van der Waals surface area contributed by atoms with Crippen molar-refractivity contribution < 1.29 is 14.6 Å². The first-order valence-electron chi connectivity index (χ1n) is 11.4. The number of nitrogens with one attached hydrogen (secondary N) is 2. The molecule has 2 aliphatic rings. The van der Waals surface area contributed by atoms with E-state index >= 15 is 0 Å². The molecule has 1 saturated carbocycles. The summed E-state index contributed by atoms with van der Waals surface area (Å²) in [6.07, 6.45) is 7.92. The van der Waals surface area contributed by atoms with Gasteiger partial charge in [0, 0.05) is 31.7 Å². The van der Waals surface area contributed by atoms with Crippen LogP contribution in [0, 0.1) is 0 Å². The van der Waals surface area contributed by atoms with Crippen LogP contribution in [0.1, 0.15) is 51.0 Å². The second-order valence-electron chi connectivity index (χ2n) is 8.15. The summed E-state index contributed by atoms with van der Waals surface area (Å²) in [6, 6.07) is 7.11. The van der Waals surface area contributed by atoms with Gasteiger partial charge in [0.05, 0.1) is 20.3 Å². The summed E-state index contributed by atoms with van der Waals surface area (Å²) in [7, 11) is 1.62. The Kier molecular flexibility index (Phi) is 11.7. The van der Waals surface area contributed by atoms with Gasteiger partial charge in [-0.1, -0.05) is 18.9 Å². The molecule has 1 aliphatic carbocycles. The van der Waals surface area contributed by atoms with Gasteiger partial charge in [-0.15, -0.1) is 24.0 Å². The predicted molar refractivity (Wildman–Crippen MR) is 136 cm³/mol. The summed E-state index contributed by atoms with van der Waals surface area (Å²) in [5, 5.41) is 16.0. The molecule has 31 heavy (non-hydrogen) atoms. The lowest BCUT2D eigenvalue weighted by molar-refractivity contribution is 0.150. The lowest BCUT2D eigenvalue weighted by Gasteiger charge is -2.36. The number of aliphatic hydroxyl groups excluding tert-OH is 1. The standard InChI is InChI=1S/C23H38N4O3.HI/c1-3-24-23(26-19-10-12-27(13-11-19)20-6-4-5-7-20)25-17-18-8-9-21(30-15-14-28)22(16-18)29-2;/h8-9,16,19-20,28H,3-7,10-15,17H2,1-2H3,(H2,24,25,26);1H. The maximum atomic E-state index is 8.95. The molecule has 1 saturated heterocycles. The number of guanidine groups is 1. The van der Waals surface area contributed by atoms with Gasteiger partial charge in [-0.3, -0.25) is 0 Å². The first kappa shape index (κ1) is 26.0. The molecule has 0 radical (unpaired) electrons. The van der Waals surface area contributed by atoms with E-state index in [9.17, 15) is 0 Å². The Morgan fingerprint density at radius 3 is 2.55 bits per heavy atom. The third-order valence-corrected chi connectivity index (χ3v) is 6.05. The van der Waals surface area contributed by atoms with Crippen molar-refractivity contribution in [2.75, 3.05) is 40.0 Å². The molecule has 1 heterocycles. The minimum Gasteiger partial charge on any atom is -0.493 e. The van der Waals surface area contributed by atoms with Gasteiger partial charge in [-0.05, 0) is 50.3 Å². The lowest BCUT2D eigenvalue weighted by Crippen LogP contribution is -2.50. The van der Waals surface area contributed by atoms with Gasteiger partial charge < -0.3 is 30.1 Å². The van der Waals surface area contributed by atoms with Gasteiger partial charge >= 0.3 is 0 Å². The fourth-order valence-electron chi connectivity index (χ4n) is 4.45. The van der Waals surface area contributed by atoms with Gasteiger partial charge in [-0.2, -0.15) is 0 Å². The molecule has 0 spiro atoms. The maximum absolute atomic E-state index is 8.95. The van der Waals surface area contributed by atoms with Crippen molar-refractivity contribution in [1.82, 2.24) is 15.5 Å². The summed E-state index contributed by atoms with van der Waals surface area (Å²) >= 11 is 0. The molecule has 2 fully saturated rings. The molecule has 3 rings (SSSR count). The van der Waals surface area contributed by atoms with Crippen LogP contribution in [0.4, 0.5) is 0 Å². The zero-order chi connectivity index (χ0) is 21.2. The van der Waals surface area contributed by atoms with Crippen LogP contribution in [-0.4, -0.2) is 68.0 Å². The van der Waals surface area contributed by atoms with E-state index in [2.05, 4.69) is 22.5 Å². The van der Waals surface area contributed by atoms with Crippen molar-refractivity contribution in [2.24, 2.45) is 4.99 Å². The molecule has 1 aliphatic heterocycles. The fraction of sp³-hybridized carbons (Fsp3) is 0.696. The third kappa shape index (κ3) is 7.98. The minimum atomic E-state index is -0.0213. The number of halogens is 1. The van der Waals surface area contributed by atoms with E-state index in [1.165, 1.54) is 51.6 Å². The number of ether oxygens (including phenoxy) is 2. The van der Waals surface area contributed by atoms with Crippen LogP contribution in [0.5, 0.6) is 11.5 Å². The van der Waals surface area contributed by atoms with Crippen LogP contribution < -0.4 is 20.1 Å². The molecule has 0 amide bonds. The van der Waals surface area contributed by atoms with Crippen molar-refractivity contribution in [3.63, 3.8) is 0 Å². The minimum absolute atomic E-state index is 0. The highest BCUT2D eigenvalue weighted by atomic mass is 127. The van der Waals surface area contributed by atoms with Gasteiger partial charge in [-0.25, -0.2) is 4.99 Å². The smallest absolute Gasteiger partial charge is 0.191 e. The Bertz CT molecular complexity index is 675. The van der Waals surface area contributed by atoms with Crippen molar-refractivity contribution >= 4 is 29.9 Å². The van der Waals surface area contributed by atoms with Crippen LogP contribution in [0.25, 0.3) is 0 Å². The predicted octanol–water partition coefficient (Wildman–Crippen LogP) is 3.15. The van der Waals surface area contributed by atoms with E-state index in [0.717, 1.165) is 24.1 Å². The zero-order valence-electron chi connectivity index (χ0n) is 18.9. The Labute approximate surface area is 204 Å². The Morgan fingerprint density at radius 1 is 1.16 bits per heavy atom. The highest BCUT2D eigenvalue weighted by Gasteiger charge is 2.27. The fourth-order valence-corrected chi connectivity index (χ4v) is 4.45. The van der Waals surface area contributed by atoms with Crippen LogP contribution in [0.3, 0.4) is 0 Å². The van der Waals surface area contributed by atoms with Crippen molar-refractivity contribution in [1.29, 1.82) is 0 Å². The third-order valence-electron chi connectivity index (χ3n) is 6.05. The van der Waals surface area contributed by atoms with Crippen LogP contribution >= 0.6 is 24.0 Å². The molecule has 7 nitrogen and oxygen atoms in total.